The van der Waals surface area contributed by atoms with Crippen molar-refractivity contribution in [3.05, 3.63) is 53.1 Å². The van der Waals surface area contributed by atoms with Crippen molar-refractivity contribution in [3.63, 3.8) is 0 Å². The minimum Gasteiger partial charge on any atom is -0.425 e. The van der Waals surface area contributed by atoms with Crippen molar-refractivity contribution in [1.29, 1.82) is 0 Å². The molecule has 152 valence electrons. The van der Waals surface area contributed by atoms with Gasteiger partial charge in [-0.05, 0) is 24.6 Å². The van der Waals surface area contributed by atoms with Crippen molar-refractivity contribution in [2.24, 2.45) is 5.92 Å². The number of hydrogen-bond acceptors (Lipinski definition) is 7. The van der Waals surface area contributed by atoms with E-state index in [4.69, 9.17) is 38.0 Å². The van der Waals surface area contributed by atoms with E-state index in [1.165, 1.54) is 23.5 Å². The van der Waals surface area contributed by atoms with E-state index in [1.807, 2.05) is 0 Å². The lowest BCUT2D eigenvalue weighted by Gasteiger charge is -2.26. The van der Waals surface area contributed by atoms with Crippen LogP contribution in [0.4, 0.5) is 5.82 Å². The highest BCUT2D eigenvalue weighted by molar-refractivity contribution is 7.53. The molecule has 0 bridgehead atoms. The molecule has 8 nitrogen and oxygen atoms in total. The Bertz CT molecular complexity index is 940. The first-order valence-corrected chi connectivity index (χ1v) is 11.2. The Morgan fingerprint density at radius 3 is 2.68 bits per heavy atom. The highest BCUT2D eigenvalue weighted by atomic mass is 35.5. The first-order valence-electron chi connectivity index (χ1n) is 8.47. The molecular formula is C17H20Cl2N3O5P. The predicted octanol–water partition coefficient (Wildman–Crippen LogP) is 2.84. The molecule has 0 aliphatic heterocycles. The van der Waals surface area contributed by atoms with Crippen LogP contribution in [0, 0.1) is 5.92 Å². The molecule has 1 saturated carbocycles. The lowest BCUT2D eigenvalue weighted by Crippen LogP contribution is -2.39. The molecule has 1 unspecified atom stereocenters. The zero-order valence-electron chi connectivity index (χ0n) is 14.9. The van der Waals surface area contributed by atoms with Gasteiger partial charge >= 0.3 is 13.3 Å². The van der Waals surface area contributed by atoms with Crippen molar-refractivity contribution in [2.75, 3.05) is 19.0 Å². The van der Waals surface area contributed by atoms with Crippen LogP contribution in [0.25, 0.3) is 0 Å². The third kappa shape index (κ3) is 4.53. The van der Waals surface area contributed by atoms with Gasteiger partial charge in [0.2, 0.25) is 0 Å². The number of aliphatic hydroxyl groups is 1. The number of nitrogen functional groups attached to an aromatic ring is 1. The highest BCUT2D eigenvalue weighted by Crippen LogP contribution is 2.52. The van der Waals surface area contributed by atoms with Crippen molar-refractivity contribution < 1.29 is 18.7 Å². The Balaban J connectivity index is 1.71. The first kappa shape index (κ1) is 21.1. The predicted molar refractivity (Wildman–Crippen MR) is 107 cm³/mol. The van der Waals surface area contributed by atoms with Gasteiger partial charge in [-0.2, -0.15) is 4.98 Å². The molecule has 4 atom stereocenters. The number of halogens is 2. The number of hydrogen-bond donors (Lipinski definition) is 2. The third-order valence-corrected chi connectivity index (χ3v) is 6.65. The Morgan fingerprint density at radius 1 is 1.36 bits per heavy atom. The van der Waals surface area contributed by atoms with Crippen LogP contribution in [0.1, 0.15) is 12.5 Å². The van der Waals surface area contributed by atoms with Gasteiger partial charge in [-0.1, -0.05) is 41.4 Å². The van der Waals surface area contributed by atoms with Crippen molar-refractivity contribution in [1.82, 2.24) is 9.55 Å². The summed E-state index contributed by atoms with van der Waals surface area (Å²) in [6.07, 6.45) is 0.418. The lowest BCUT2D eigenvalue weighted by atomic mass is 10.1. The largest absolute Gasteiger partial charge is 0.425 e. The number of benzene rings is 1. The number of aliphatic hydroxyl groups excluding tert-OH is 1. The van der Waals surface area contributed by atoms with Gasteiger partial charge in [0.25, 0.3) is 0 Å². The molecular weight excluding hydrogens is 428 g/mol. The van der Waals surface area contributed by atoms with Crippen LogP contribution in [0.3, 0.4) is 0 Å². The molecule has 3 N–H and O–H groups in total. The van der Waals surface area contributed by atoms with Gasteiger partial charge in [-0.3, -0.25) is 9.09 Å². The maximum atomic E-state index is 12.6. The van der Waals surface area contributed by atoms with E-state index in [9.17, 15) is 14.5 Å². The maximum Gasteiger partial charge on any atom is 0.376 e. The number of para-hydroxylation sites is 1. The number of alkyl halides is 2. The summed E-state index contributed by atoms with van der Waals surface area (Å²) in [5.74, 6) is -0.0989. The summed E-state index contributed by atoms with van der Waals surface area (Å²) in [4.78, 5) is 15.8. The Morgan fingerprint density at radius 2 is 2.04 bits per heavy atom. The van der Waals surface area contributed by atoms with Crippen LogP contribution in [-0.4, -0.2) is 38.4 Å². The van der Waals surface area contributed by atoms with Crippen molar-refractivity contribution >= 4 is 36.6 Å². The molecule has 1 heterocycles. The fourth-order valence-corrected chi connectivity index (χ4v) is 4.90. The molecule has 0 amide bonds. The zero-order chi connectivity index (χ0) is 20.5. The van der Waals surface area contributed by atoms with Crippen molar-refractivity contribution in [3.8, 4) is 5.75 Å². The Labute approximate surface area is 171 Å². The van der Waals surface area contributed by atoms with Gasteiger partial charge in [0.05, 0.1) is 18.8 Å². The number of aromatic nitrogens is 2. The van der Waals surface area contributed by atoms with Gasteiger partial charge < -0.3 is 15.4 Å². The summed E-state index contributed by atoms with van der Waals surface area (Å²) in [5, 5.41) is 10.5. The molecule has 1 aliphatic carbocycles. The molecule has 11 heteroatoms. The monoisotopic (exact) mass is 447 g/mol. The summed E-state index contributed by atoms with van der Waals surface area (Å²) in [6.45, 7) is 1.22. The van der Waals surface area contributed by atoms with E-state index in [1.54, 1.807) is 30.3 Å². The van der Waals surface area contributed by atoms with Gasteiger partial charge in [-0.15, -0.1) is 0 Å². The fourth-order valence-electron chi connectivity index (χ4n) is 3.14. The second kappa shape index (κ2) is 8.05. The summed E-state index contributed by atoms with van der Waals surface area (Å²) >= 11 is 12.7. The SMILES string of the molecule is CP(=O)(OC[C@H]1C[C@@H](n2ccc(N)nc2=O)C(Cl)(Cl)[C@@H]1O)Oc1ccccc1. The number of nitrogens with two attached hydrogens (primary N) is 1. The minimum absolute atomic E-state index is 0.0689. The van der Waals surface area contributed by atoms with E-state index in [2.05, 4.69) is 4.98 Å². The van der Waals surface area contributed by atoms with Crippen molar-refractivity contribution in [2.45, 2.75) is 22.9 Å². The molecule has 2 aromatic rings. The average molecular weight is 448 g/mol. The summed E-state index contributed by atoms with van der Waals surface area (Å²) in [5.41, 5.74) is 4.88. The van der Waals surface area contributed by atoms with Crippen LogP contribution >= 0.6 is 30.8 Å². The van der Waals surface area contributed by atoms with E-state index in [-0.39, 0.29) is 18.8 Å². The van der Waals surface area contributed by atoms with E-state index < -0.39 is 35.7 Å². The van der Waals surface area contributed by atoms with Gasteiger partial charge in [0.1, 0.15) is 11.6 Å². The lowest BCUT2D eigenvalue weighted by molar-refractivity contribution is 0.0900. The molecule has 0 saturated heterocycles. The molecule has 1 aromatic heterocycles. The Kier molecular flexibility index (Phi) is 6.08. The fraction of sp³-hybridized carbons (Fsp3) is 0.412. The standard InChI is InChI=1S/C17H20Cl2N3O5P/c1-28(25,27-12-5-3-2-4-6-12)26-10-11-9-13(17(18,19)15(11)23)22-8-7-14(20)21-16(22)24/h2-8,11,13,15,23H,9-10H2,1H3,(H2,20,21,24)/t11-,13-,15-,28?/m1/s1. The van der Waals surface area contributed by atoms with Gasteiger partial charge in [0, 0.05) is 18.8 Å². The molecule has 1 fully saturated rings. The topological polar surface area (TPSA) is 117 Å². The smallest absolute Gasteiger partial charge is 0.376 e. The van der Waals surface area contributed by atoms with Crippen LogP contribution in [0.15, 0.2) is 47.4 Å². The van der Waals surface area contributed by atoms with E-state index in [0.29, 0.717) is 5.75 Å². The van der Waals surface area contributed by atoms with Crippen LogP contribution in [-0.2, 0) is 9.09 Å². The summed E-state index contributed by atoms with van der Waals surface area (Å²) < 4.78 is 23.0. The molecule has 0 radical (unpaired) electrons. The van der Waals surface area contributed by atoms with Crippen LogP contribution in [0.5, 0.6) is 5.75 Å². The second-order valence-corrected chi connectivity index (χ2v) is 10.1. The maximum absolute atomic E-state index is 12.6. The number of anilines is 1. The minimum atomic E-state index is -3.44. The average Bonchev–Trinajstić information content (AvgIpc) is 2.84. The zero-order valence-corrected chi connectivity index (χ0v) is 17.3. The van der Waals surface area contributed by atoms with Crippen LogP contribution in [0.2, 0.25) is 0 Å². The Hall–Kier alpha value is -1.57. The second-order valence-electron chi connectivity index (χ2n) is 6.64. The van der Waals surface area contributed by atoms with E-state index >= 15 is 0 Å². The highest BCUT2D eigenvalue weighted by Gasteiger charge is 2.54. The molecule has 1 aliphatic rings. The number of rotatable bonds is 6. The van der Waals surface area contributed by atoms with Crippen LogP contribution < -0.4 is 15.9 Å². The third-order valence-electron chi connectivity index (χ3n) is 4.54. The summed E-state index contributed by atoms with van der Waals surface area (Å²) in [6, 6.07) is 9.29. The van der Waals surface area contributed by atoms with Gasteiger partial charge in [0.15, 0.2) is 4.33 Å². The number of nitrogens with zero attached hydrogens (tertiary/aromatic N) is 2. The molecule has 1 aromatic carbocycles. The van der Waals surface area contributed by atoms with Gasteiger partial charge in [-0.25, -0.2) is 9.36 Å². The molecule has 3 rings (SSSR count). The molecule has 28 heavy (non-hydrogen) atoms. The van der Waals surface area contributed by atoms with E-state index in [0.717, 1.165) is 0 Å². The normalized spacial score (nSPS) is 25.9. The quantitative estimate of drug-likeness (QED) is 0.516. The first-order chi connectivity index (χ1) is 13.1. The summed E-state index contributed by atoms with van der Waals surface area (Å²) in [7, 11) is -3.44. The molecule has 0 spiro atoms.